The predicted octanol–water partition coefficient (Wildman–Crippen LogP) is 4.93. The number of halogens is 6. The van der Waals surface area contributed by atoms with E-state index in [-0.39, 0.29) is 17.3 Å². The van der Waals surface area contributed by atoms with Gasteiger partial charge in [-0.05, 0) is 47.8 Å². The molecule has 1 aliphatic rings. The molecule has 1 fully saturated rings. The summed E-state index contributed by atoms with van der Waals surface area (Å²) in [5.74, 6) is 0. The van der Waals surface area contributed by atoms with Gasteiger partial charge in [-0.3, -0.25) is 4.57 Å². The van der Waals surface area contributed by atoms with E-state index in [0.29, 0.717) is 13.2 Å². The van der Waals surface area contributed by atoms with Gasteiger partial charge in [0.15, 0.2) is 0 Å². The molecular weight excluding hydrogens is 416 g/mol. The van der Waals surface area contributed by atoms with Gasteiger partial charge in [0, 0.05) is 20.3 Å². The van der Waals surface area contributed by atoms with Gasteiger partial charge in [-0.15, -0.1) is 0 Å². The Morgan fingerprint density at radius 2 is 1.48 bits per heavy atom. The molecule has 0 radical (unpaired) electrons. The third-order valence-corrected chi connectivity index (χ3v) is 10.5. The molecule has 2 atom stereocenters. The van der Waals surface area contributed by atoms with Crippen molar-refractivity contribution in [2.75, 3.05) is 27.4 Å². The van der Waals surface area contributed by atoms with Crippen molar-refractivity contribution in [3.63, 3.8) is 0 Å². The first-order valence-corrected chi connectivity index (χ1v) is 11.1. The van der Waals surface area contributed by atoms with Crippen molar-refractivity contribution in [1.29, 1.82) is 0 Å². The molecule has 29 heavy (non-hydrogen) atoms. The van der Waals surface area contributed by atoms with Crippen LogP contribution in [0, 0.1) is 0 Å². The summed E-state index contributed by atoms with van der Waals surface area (Å²) in [5, 5.41) is -0.733. The van der Waals surface area contributed by atoms with Gasteiger partial charge in [-0.2, -0.15) is 26.3 Å². The summed E-state index contributed by atoms with van der Waals surface area (Å²) >= 11 is 0. The van der Waals surface area contributed by atoms with Crippen LogP contribution in [0.5, 0.6) is 0 Å². The molecule has 0 aromatic heterocycles. The maximum atomic E-state index is 13.5. The summed E-state index contributed by atoms with van der Waals surface area (Å²) in [6, 6.07) is 1.70. The Bertz CT molecular complexity index is 684. The van der Waals surface area contributed by atoms with Crippen LogP contribution in [-0.2, 0) is 21.5 Å². The molecule has 2 rings (SSSR count). The van der Waals surface area contributed by atoms with Gasteiger partial charge >= 0.3 is 20.8 Å². The van der Waals surface area contributed by atoms with Crippen molar-refractivity contribution in [3.05, 3.63) is 29.3 Å². The highest BCUT2D eigenvalue weighted by Crippen LogP contribution is 2.44. The van der Waals surface area contributed by atoms with E-state index in [1.165, 1.54) is 14.2 Å². The molecule has 3 nitrogen and oxygen atoms in total. The zero-order valence-corrected chi connectivity index (χ0v) is 18.2. The van der Waals surface area contributed by atoms with Gasteiger partial charge in [0.1, 0.15) is 0 Å². The Hall–Kier alpha value is -1.10. The molecule has 166 valence electrons. The topological polar surface area (TPSA) is 21.7 Å². The maximum Gasteiger partial charge on any atom is 0.416 e. The summed E-state index contributed by atoms with van der Waals surface area (Å²) in [5.41, 5.74) is -2.63. The average Bonchev–Trinajstić information content (AvgIpc) is 3.02. The van der Waals surface area contributed by atoms with Gasteiger partial charge in [0.05, 0.1) is 17.7 Å². The Balaban J connectivity index is 2.81. The molecule has 0 saturated carbocycles. The van der Waals surface area contributed by atoms with Crippen LogP contribution in [0.2, 0.25) is 5.04 Å². The third kappa shape index (κ3) is 4.65. The van der Waals surface area contributed by atoms with Gasteiger partial charge in [-0.25, -0.2) is 0 Å². The van der Waals surface area contributed by atoms with Crippen molar-refractivity contribution < 1.29 is 35.5 Å². The molecule has 0 amide bonds. The highest BCUT2D eigenvalue weighted by Gasteiger charge is 2.57. The number of rotatable bonds is 5. The number of hydrogen-bond donors (Lipinski definition) is 0. The van der Waals surface area contributed by atoms with Gasteiger partial charge in [0.25, 0.3) is 0 Å². The normalized spacial score (nSPS) is 21.4. The fourth-order valence-corrected chi connectivity index (χ4v) is 9.37. The minimum absolute atomic E-state index is 0.0300. The number of methoxy groups -OCH3 is 1. The molecule has 1 aromatic rings. The lowest BCUT2D eigenvalue weighted by Gasteiger charge is -2.49. The van der Waals surface area contributed by atoms with Crippen LogP contribution in [0.15, 0.2) is 18.2 Å². The number of benzene rings is 1. The van der Waals surface area contributed by atoms with E-state index >= 15 is 0 Å². The van der Waals surface area contributed by atoms with E-state index in [1.54, 1.807) is 20.8 Å². The summed E-state index contributed by atoms with van der Waals surface area (Å²) in [4.78, 5) is 0. The predicted molar refractivity (Wildman–Crippen MR) is 100 cm³/mol. The van der Waals surface area contributed by atoms with Crippen molar-refractivity contribution in [1.82, 2.24) is 4.57 Å². The Labute approximate surface area is 168 Å². The Morgan fingerprint density at radius 1 is 0.966 bits per heavy atom. The highest BCUT2D eigenvalue weighted by atomic mass is 28.4. The number of ether oxygens (including phenoxy) is 1. The fraction of sp³-hybridized carbons (Fsp3) is 0.684. The number of hydrogen-bond acceptors (Lipinski definition) is 3. The van der Waals surface area contributed by atoms with E-state index < -0.39 is 37.0 Å². The Morgan fingerprint density at radius 3 is 1.86 bits per heavy atom. The first-order chi connectivity index (χ1) is 13.2. The van der Waals surface area contributed by atoms with Crippen LogP contribution < -0.4 is 5.19 Å². The van der Waals surface area contributed by atoms with E-state index in [0.717, 1.165) is 25.0 Å². The highest BCUT2D eigenvalue weighted by molar-refractivity contribution is 6.86. The standard InChI is InChI=1S/C19H27F6NO2Si/c1-17(2,3)29(28-5,26-8-6-7-15(26)12-27-4)16-10-13(18(20,21)22)9-14(11-16)19(23,24)25/h9-11,15H,6-8,12H2,1-5H3/t15-,29?/m0/s1. The van der Waals surface area contributed by atoms with E-state index in [4.69, 9.17) is 9.16 Å². The lowest BCUT2D eigenvalue weighted by Crippen LogP contribution is -2.71. The van der Waals surface area contributed by atoms with Gasteiger partial charge in [0.2, 0.25) is 0 Å². The molecular formula is C19H27F6NO2Si. The van der Waals surface area contributed by atoms with Crippen molar-refractivity contribution in [2.24, 2.45) is 0 Å². The quantitative estimate of drug-likeness (QED) is 0.476. The van der Waals surface area contributed by atoms with Gasteiger partial charge in [-0.1, -0.05) is 20.8 Å². The maximum absolute atomic E-state index is 13.5. The smallest absolute Gasteiger partial charge is 0.403 e. The minimum Gasteiger partial charge on any atom is -0.403 e. The molecule has 1 saturated heterocycles. The van der Waals surface area contributed by atoms with Crippen molar-refractivity contribution in [2.45, 2.75) is 57.0 Å². The van der Waals surface area contributed by atoms with Crippen LogP contribution in [-0.4, -0.2) is 46.5 Å². The molecule has 0 spiro atoms. The minimum atomic E-state index is -4.90. The first kappa shape index (κ1) is 24.2. The van der Waals surface area contributed by atoms with Crippen molar-refractivity contribution >= 4 is 13.7 Å². The molecule has 0 bridgehead atoms. The Kier molecular flexibility index (Phi) is 6.84. The summed E-state index contributed by atoms with van der Waals surface area (Å²) in [6.07, 6.45) is -8.29. The van der Waals surface area contributed by atoms with Gasteiger partial charge < -0.3 is 9.16 Å². The zero-order valence-electron chi connectivity index (χ0n) is 17.2. The third-order valence-electron chi connectivity index (χ3n) is 5.43. The van der Waals surface area contributed by atoms with Crippen molar-refractivity contribution in [3.8, 4) is 0 Å². The molecule has 1 aromatic carbocycles. The largest absolute Gasteiger partial charge is 0.416 e. The second kappa shape index (κ2) is 8.20. The fourth-order valence-electron chi connectivity index (χ4n) is 4.34. The summed E-state index contributed by atoms with van der Waals surface area (Å²) in [6.45, 7) is 6.28. The average molecular weight is 444 g/mol. The van der Waals surface area contributed by atoms with E-state index in [2.05, 4.69) is 0 Å². The first-order valence-electron chi connectivity index (χ1n) is 9.29. The van der Waals surface area contributed by atoms with Crippen LogP contribution >= 0.6 is 0 Å². The lowest BCUT2D eigenvalue weighted by atomic mass is 10.1. The second-order valence-electron chi connectivity index (χ2n) is 8.34. The molecule has 0 aliphatic carbocycles. The zero-order chi connectivity index (χ0) is 22.3. The summed E-state index contributed by atoms with van der Waals surface area (Å²) in [7, 11) is -0.576. The van der Waals surface area contributed by atoms with Crippen LogP contribution in [0.4, 0.5) is 26.3 Å². The molecule has 10 heteroatoms. The van der Waals surface area contributed by atoms with Crippen LogP contribution in [0.25, 0.3) is 0 Å². The lowest BCUT2D eigenvalue weighted by molar-refractivity contribution is -0.143. The van der Waals surface area contributed by atoms with E-state index in [1.807, 2.05) is 4.57 Å². The van der Waals surface area contributed by atoms with E-state index in [9.17, 15) is 26.3 Å². The molecule has 1 aliphatic heterocycles. The number of alkyl halides is 6. The monoisotopic (exact) mass is 443 g/mol. The summed E-state index contributed by atoms with van der Waals surface area (Å²) < 4.78 is 94.0. The molecule has 0 N–H and O–H groups in total. The van der Waals surface area contributed by atoms with Crippen LogP contribution in [0.3, 0.4) is 0 Å². The molecule has 1 heterocycles. The molecule has 1 unspecified atom stereocenters. The SMILES string of the molecule is COC[C@@H]1CCCN1[Si](OC)(c1cc(C(F)(F)F)cc(C(F)(F)F)c1)C(C)(C)C. The van der Waals surface area contributed by atoms with Crippen LogP contribution in [0.1, 0.15) is 44.7 Å². The second-order valence-corrected chi connectivity index (χ2v) is 12.7. The number of nitrogens with zero attached hydrogens (tertiary/aromatic N) is 1.